The summed E-state index contributed by atoms with van der Waals surface area (Å²) in [7, 11) is 2.97. The average molecular weight is 250 g/mol. The van der Waals surface area contributed by atoms with Crippen molar-refractivity contribution in [3.05, 3.63) is 29.3 Å². The van der Waals surface area contributed by atoms with Crippen molar-refractivity contribution in [3.8, 4) is 5.75 Å². The van der Waals surface area contributed by atoms with Gasteiger partial charge in [-0.1, -0.05) is 11.6 Å². The summed E-state index contributed by atoms with van der Waals surface area (Å²) in [6.45, 7) is 5.60. The van der Waals surface area contributed by atoms with Gasteiger partial charge >= 0.3 is 5.97 Å². The maximum atomic E-state index is 11.8. The minimum Gasteiger partial charge on any atom is -0.496 e. The van der Waals surface area contributed by atoms with Gasteiger partial charge in [-0.25, -0.2) is 4.79 Å². The summed E-state index contributed by atoms with van der Waals surface area (Å²) in [5.74, 6) is 0.351. The fourth-order valence-corrected chi connectivity index (χ4v) is 2.32. The number of ether oxygens (including phenoxy) is 3. The van der Waals surface area contributed by atoms with Crippen LogP contribution in [0, 0.1) is 6.92 Å². The Morgan fingerprint density at radius 2 is 1.94 bits per heavy atom. The third kappa shape index (κ3) is 1.60. The van der Waals surface area contributed by atoms with Crippen LogP contribution in [0.15, 0.2) is 18.2 Å². The van der Waals surface area contributed by atoms with Gasteiger partial charge in [0.25, 0.3) is 0 Å². The van der Waals surface area contributed by atoms with E-state index in [9.17, 15) is 4.79 Å². The largest absolute Gasteiger partial charge is 0.496 e. The van der Waals surface area contributed by atoms with Gasteiger partial charge in [-0.05, 0) is 32.9 Å². The zero-order chi connectivity index (χ0) is 13.6. The van der Waals surface area contributed by atoms with Gasteiger partial charge in [0.1, 0.15) is 11.4 Å². The molecule has 1 aliphatic heterocycles. The molecular weight excluding hydrogens is 232 g/mol. The van der Waals surface area contributed by atoms with Crippen LogP contribution in [0.2, 0.25) is 0 Å². The number of methoxy groups -OCH3 is 2. The molecule has 0 saturated carbocycles. The highest BCUT2D eigenvalue weighted by atomic mass is 16.7. The molecule has 4 heteroatoms. The molecule has 2 rings (SSSR count). The van der Waals surface area contributed by atoms with Crippen LogP contribution in [0.3, 0.4) is 0 Å². The summed E-state index contributed by atoms with van der Waals surface area (Å²) in [6.07, 6.45) is 0. The van der Waals surface area contributed by atoms with Crippen LogP contribution in [0.1, 0.15) is 25.0 Å². The molecule has 0 radical (unpaired) electrons. The van der Waals surface area contributed by atoms with Gasteiger partial charge in [-0.2, -0.15) is 0 Å². The van der Waals surface area contributed by atoms with Crippen molar-refractivity contribution < 1.29 is 19.0 Å². The third-order valence-electron chi connectivity index (χ3n) is 3.72. The first-order chi connectivity index (χ1) is 8.39. The molecule has 98 valence electrons. The number of carbonyl (C=O) groups is 1. The number of hydrogen-bond donors (Lipinski definition) is 0. The Kier molecular flexibility index (Phi) is 2.86. The summed E-state index contributed by atoms with van der Waals surface area (Å²) in [5.41, 5.74) is 0.327. The number of hydrogen-bond acceptors (Lipinski definition) is 4. The molecule has 0 N–H and O–H groups in total. The van der Waals surface area contributed by atoms with E-state index in [0.29, 0.717) is 0 Å². The zero-order valence-electron chi connectivity index (χ0n) is 11.4. The first kappa shape index (κ1) is 12.9. The monoisotopic (exact) mass is 250 g/mol. The quantitative estimate of drug-likeness (QED) is 0.609. The number of epoxide rings is 1. The Labute approximate surface area is 107 Å². The van der Waals surface area contributed by atoms with E-state index in [2.05, 4.69) is 0 Å². The molecule has 2 atom stereocenters. The van der Waals surface area contributed by atoms with Gasteiger partial charge in [0.2, 0.25) is 0 Å². The molecule has 2 unspecified atom stereocenters. The van der Waals surface area contributed by atoms with Gasteiger partial charge in [0, 0.05) is 5.56 Å². The van der Waals surface area contributed by atoms with Gasteiger partial charge in [0.15, 0.2) is 5.60 Å². The molecule has 1 fully saturated rings. The van der Waals surface area contributed by atoms with Crippen molar-refractivity contribution >= 4 is 5.97 Å². The smallest absolute Gasteiger partial charge is 0.341 e. The fraction of sp³-hybridized carbons (Fsp3) is 0.500. The van der Waals surface area contributed by atoms with Crippen LogP contribution < -0.4 is 4.74 Å². The normalized spacial score (nSPS) is 29.8. The van der Waals surface area contributed by atoms with Crippen LogP contribution in [0.4, 0.5) is 0 Å². The predicted molar refractivity (Wildman–Crippen MR) is 66.6 cm³/mol. The lowest BCUT2D eigenvalue weighted by Gasteiger charge is -2.15. The van der Waals surface area contributed by atoms with Crippen molar-refractivity contribution in [2.75, 3.05) is 14.2 Å². The molecule has 0 amide bonds. The number of esters is 1. The third-order valence-corrected chi connectivity index (χ3v) is 3.72. The number of carbonyl (C=O) groups excluding carboxylic acids is 1. The van der Waals surface area contributed by atoms with Crippen LogP contribution >= 0.6 is 0 Å². The minimum atomic E-state index is -0.942. The second-order valence-electron chi connectivity index (χ2n) is 4.86. The van der Waals surface area contributed by atoms with Crippen LogP contribution in [-0.2, 0) is 19.9 Å². The summed E-state index contributed by atoms with van der Waals surface area (Å²) < 4.78 is 15.8. The summed E-state index contributed by atoms with van der Waals surface area (Å²) in [5, 5.41) is 0. The Bertz CT molecular complexity index is 497. The Morgan fingerprint density at radius 3 is 2.50 bits per heavy atom. The van der Waals surface area contributed by atoms with Crippen LogP contribution in [0.5, 0.6) is 5.75 Å². The molecule has 1 aromatic carbocycles. The van der Waals surface area contributed by atoms with Crippen LogP contribution in [0.25, 0.3) is 0 Å². The second-order valence-corrected chi connectivity index (χ2v) is 4.86. The van der Waals surface area contributed by atoms with Crippen molar-refractivity contribution in [2.24, 2.45) is 0 Å². The molecule has 1 aromatic rings. The summed E-state index contributed by atoms with van der Waals surface area (Å²) in [4.78, 5) is 11.8. The lowest BCUT2D eigenvalue weighted by Crippen LogP contribution is -2.29. The van der Waals surface area contributed by atoms with E-state index >= 15 is 0 Å². The molecule has 1 heterocycles. The highest BCUT2D eigenvalue weighted by Gasteiger charge is 2.71. The standard InChI is InChI=1S/C14H18O4/c1-9-6-7-11(16-4)10(8-9)13(2)14(3,18-13)12(15)17-5/h6-8H,1-5H3. The van der Waals surface area contributed by atoms with Gasteiger partial charge in [-0.15, -0.1) is 0 Å². The van der Waals surface area contributed by atoms with E-state index in [1.807, 2.05) is 32.0 Å². The molecule has 0 bridgehead atoms. The minimum absolute atomic E-state index is 0.367. The van der Waals surface area contributed by atoms with E-state index in [1.54, 1.807) is 14.0 Å². The van der Waals surface area contributed by atoms with Crippen molar-refractivity contribution in [3.63, 3.8) is 0 Å². The Hall–Kier alpha value is -1.55. The van der Waals surface area contributed by atoms with Crippen molar-refractivity contribution in [2.45, 2.75) is 32.0 Å². The van der Waals surface area contributed by atoms with E-state index in [4.69, 9.17) is 14.2 Å². The first-order valence-corrected chi connectivity index (χ1v) is 5.83. The topological polar surface area (TPSA) is 48.1 Å². The molecule has 18 heavy (non-hydrogen) atoms. The Balaban J connectivity index is 2.45. The number of aryl methyl sites for hydroxylation is 1. The lowest BCUT2D eigenvalue weighted by molar-refractivity contribution is -0.146. The second kappa shape index (κ2) is 3.99. The molecule has 0 aliphatic carbocycles. The SMILES string of the molecule is COC(=O)C1(C)OC1(C)c1cc(C)ccc1OC. The number of rotatable bonds is 3. The molecule has 1 aliphatic rings. The van der Waals surface area contributed by atoms with E-state index in [0.717, 1.165) is 16.9 Å². The number of benzene rings is 1. The predicted octanol–water partition coefficient (Wildman–Crippen LogP) is 2.18. The maximum absolute atomic E-state index is 11.8. The van der Waals surface area contributed by atoms with E-state index in [1.165, 1.54) is 7.11 Å². The molecule has 0 aromatic heterocycles. The highest BCUT2D eigenvalue weighted by Crippen LogP contribution is 2.58. The molecule has 1 saturated heterocycles. The molecular formula is C14H18O4. The van der Waals surface area contributed by atoms with Crippen molar-refractivity contribution in [1.82, 2.24) is 0 Å². The maximum Gasteiger partial charge on any atom is 0.341 e. The average Bonchev–Trinajstić information content (AvgIpc) is 2.94. The van der Waals surface area contributed by atoms with Gasteiger partial charge in [0.05, 0.1) is 14.2 Å². The summed E-state index contributed by atoms with van der Waals surface area (Å²) >= 11 is 0. The van der Waals surface area contributed by atoms with Gasteiger partial charge in [-0.3, -0.25) is 0 Å². The van der Waals surface area contributed by atoms with Crippen molar-refractivity contribution in [1.29, 1.82) is 0 Å². The van der Waals surface area contributed by atoms with E-state index in [-0.39, 0.29) is 5.97 Å². The first-order valence-electron chi connectivity index (χ1n) is 5.83. The highest BCUT2D eigenvalue weighted by molar-refractivity contribution is 5.85. The zero-order valence-corrected chi connectivity index (χ0v) is 11.4. The molecule has 4 nitrogen and oxygen atoms in total. The Morgan fingerprint density at radius 1 is 1.28 bits per heavy atom. The lowest BCUT2D eigenvalue weighted by atomic mass is 9.87. The van der Waals surface area contributed by atoms with E-state index < -0.39 is 11.2 Å². The van der Waals surface area contributed by atoms with Crippen LogP contribution in [-0.4, -0.2) is 25.8 Å². The molecule has 0 spiro atoms. The van der Waals surface area contributed by atoms with Gasteiger partial charge < -0.3 is 14.2 Å². The summed E-state index contributed by atoms with van der Waals surface area (Å²) in [6, 6.07) is 5.83. The fourth-order valence-electron chi connectivity index (χ4n) is 2.32.